The van der Waals surface area contributed by atoms with Crippen molar-refractivity contribution < 1.29 is 8.42 Å². The fraction of sp³-hybridized carbons (Fsp3) is 0.647. The van der Waals surface area contributed by atoms with Crippen molar-refractivity contribution in [2.45, 2.75) is 50.0 Å². The second kappa shape index (κ2) is 4.82. The molecule has 0 aromatic heterocycles. The van der Waals surface area contributed by atoms with Gasteiger partial charge in [-0.15, -0.1) is 0 Å². The number of hydrogen-bond donors (Lipinski definition) is 1. The van der Waals surface area contributed by atoms with Gasteiger partial charge in [0.2, 0.25) is 10.0 Å². The number of hydrogen-bond acceptors (Lipinski definition) is 2. The maximum atomic E-state index is 12.6. The molecule has 0 spiro atoms. The molecule has 0 heterocycles. The molecule has 4 fully saturated rings. The molecule has 0 atom stereocenters. The van der Waals surface area contributed by atoms with Crippen LogP contribution < -0.4 is 4.72 Å². The van der Waals surface area contributed by atoms with E-state index in [-0.39, 0.29) is 6.04 Å². The summed E-state index contributed by atoms with van der Waals surface area (Å²) in [5, 5.41) is 0. The normalized spacial score (nSPS) is 37.9. The zero-order valence-corrected chi connectivity index (χ0v) is 13.3. The predicted molar refractivity (Wildman–Crippen MR) is 82.3 cm³/mol. The molecule has 0 aliphatic heterocycles. The molecule has 4 heteroatoms. The molecule has 4 aliphatic carbocycles. The minimum absolute atomic E-state index is 0.170. The summed E-state index contributed by atoms with van der Waals surface area (Å²) in [7, 11) is -3.37. The summed E-state index contributed by atoms with van der Waals surface area (Å²) in [6, 6.07) is 7.34. The summed E-state index contributed by atoms with van der Waals surface area (Å²) in [6.45, 7) is 1.97. The van der Waals surface area contributed by atoms with E-state index in [1.54, 1.807) is 12.1 Å². The first-order valence-corrected chi connectivity index (χ1v) is 9.58. The Labute approximate surface area is 127 Å². The Hall–Kier alpha value is -0.870. The first-order chi connectivity index (χ1) is 10.0. The summed E-state index contributed by atoms with van der Waals surface area (Å²) in [5.74, 6) is 2.88. The van der Waals surface area contributed by atoms with E-state index in [2.05, 4.69) is 4.72 Å². The summed E-state index contributed by atoms with van der Waals surface area (Å²) in [6.07, 6.45) is 6.31. The van der Waals surface area contributed by atoms with Gasteiger partial charge in [-0.05, 0) is 74.8 Å². The molecule has 5 rings (SSSR count). The lowest BCUT2D eigenvalue weighted by molar-refractivity contribution is -0.00557. The van der Waals surface area contributed by atoms with Crippen LogP contribution in [0.15, 0.2) is 29.2 Å². The van der Waals surface area contributed by atoms with E-state index < -0.39 is 10.0 Å². The molecule has 0 amide bonds. The average molecular weight is 305 g/mol. The molecule has 21 heavy (non-hydrogen) atoms. The zero-order valence-electron chi connectivity index (χ0n) is 12.5. The third-order valence-corrected chi connectivity index (χ3v) is 7.32. The van der Waals surface area contributed by atoms with Crippen molar-refractivity contribution in [3.8, 4) is 0 Å². The minimum atomic E-state index is -3.37. The van der Waals surface area contributed by atoms with Crippen LogP contribution in [0, 0.1) is 30.6 Å². The van der Waals surface area contributed by atoms with Gasteiger partial charge >= 0.3 is 0 Å². The lowest BCUT2D eigenvalue weighted by Gasteiger charge is -2.54. The highest BCUT2D eigenvalue weighted by Gasteiger charge is 2.49. The number of aryl methyl sites for hydroxylation is 1. The molecule has 1 aromatic rings. The van der Waals surface area contributed by atoms with Crippen molar-refractivity contribution in [3.63, 3.8) is 0 Å². The van der Waals surface area contributed by atoms with Gasteiger partial charge in [0.05, 0.1) is 4.90 Å². The Morgan fingerprint density at radius 1 is 0.905 bits per heavy atom. The van der Waals surface area contributed by atoms with Crippen molar-refractivity contribution in [2.75, 3.05) is 0 Å². The first kappa shape index (κ1) is 13.8. The van der Waals surface area contributed by atoms with Crippen molar-refractivity contribution in [3.05, 3.63) is 29.8 Å². The highest BCUT2D eigenvalue weighted by atomic mass is 32.2. The van der Waals surface area contributed by atoms with Gasteiger partial charge in [-0.25, -0.2) is 13.1 Å². The summed E-state index contributed by atoms with van der Waals surface area (Å²) in [5.41, 5.74) is 1.09. The number of sulfonamides is 1. The number of rotatable bonds is 3. The Bertz CT molecular complexity index is 607. The van der Waals surface area contributed by atoms with Crippen LogP contribution in [0.3, 0.4) is 0 Å². The maximum Gasteiger partial charge on any atom is 0.240 e. The number of nitrogens with one attached hydrogen (secondary N) is 1. The van der Waals surface area contributed by atoms with Gasteiger partial charge in [0, 0.05) is 6.04 Å². The fourth-order valence-electron chi connectivity index (χ4n) is 5.08. The van der Waals surface area contributed by atoms with Crippen molar-refractivity contribution in [1.82, 2.24) is 4.72 Å². The molecular formula is C17H23NO2S. The first-order valence-electron chi connectivity index (χ1n) is 8.10. The van der Waals surface area contributed by atoms with E-state index in [1.807, 2.05) is 19.1 Å². The largest absolute Gasteiger partial charge is 0.240 e. The molecule has 1 N–H and O–H groups in total. The molecule has 0 radical (unpaired) electrons. The Balaban J connectivity index is 1.56. The zero-order chi connectivity index (χ0) is 14.6. The van der Waals surface area contributed by atoms with Crippen LogP contribution >= 0.6 is 0 Å². The molecule has 4 saturated carbocycles. The van der Waals surface area contributed by atoms with E-state index in [4.69, 9.17) is 0 Å². The van der Waals surface area contributed by atoms with Gasteiger partial charge in [0.1, 0.15) is 0 Å². The quantitative estimate of drug-likeness (QED) is 0.932. The minimum Gasteiger partial charge on any atom is -0.208 e. The Kier molecular flexibility index (Phi) is 3.16. The lowest BCUT2D eigenvalue weighted by atomic mass is 9.54. The molecule has 4 aliphatic rings. The van der Waals surface area contributed by atoms with Gasteiger partial charge < -0.3 is 0 Å². The van der Waals surface area contributed by atoms with E-state index in [0.717, 1.165) is 17.4 Å². The highest BCUT2D eigenvalue weighted by Crippen LogP contribution is 2.53. The van der Waals surface area contributed by atoms with E-state index in [9.17, 15) is 8.42 Å². The van der Waals surface area contributed by atoms with E-state index in [1.165, 1.54) is 32.1 Å². The van der Waals surface area contributed by atoms with Crippen LogP contribution in [-0.2, 0) is 10.0 Å². The highest BCUT2D eigenvalue weighted by molar-refractivity contribution is 7.89. The SMILES string of the molecule is Cc1ccc(S(=O)(=O)NC2C3CC4CC(C3)CC2C4)cc1. The second-order valence-electron chi connectivity index (χ2n) is 7.39. The van der Waals surface area contributed by atoms with Crippen LogP contribution in [0.5, 0.6) is 0 Å². The van der Waals surface area contributed by atoms with Gasteiger partial charge in [-0.2, -0.15) is 0 Å². The van der Waals surface area contributed by atoms with E-state index in [0.29, 0.717) is 16.7 Å². The lowest BCUT2D eigenvalue weighted by Crippen LogP contribution is -2.55. The summed E-state index contributed by atoms with van der Waals surface area (Å²) < 4.78 is 28.3. The van der Waals surface area contributed by atoms with Crippen molar-refractivity contribution in [1.29, 1.82) is 0 Å². The van der Waals surface area contributed by atoms with Crippen LogP contribution in [0.2, 0.25) is 0 Å². The summed E-state index contributed by atoms with van der Waals surface area (Å²) in [4.78, 5) is 0.405. The van der Waals surface area contributed by atoms with Gasteiger partial charge in [0.25, 0.3) is 0 Å². The number of benzene rings is 1. The van der Waals surface area contributed by atoms with Crippen LogP contribution in [0.1, 0.15) is 37.7 Å². The van der Waals surface area contributed by atoms with Gasteiger partial charge in [-0.1, -0.05) is 17.7 Å². The fourth-order valence-corrected chi connectivity index (χ4v) is 6.46. The molecule has 4 bridgehead atoms. The van der Waals surface area contributed by atoms with Crippen LogP contribution in [0.4, 0.5) is 0 Å². The maximum absolute atomic E-state index is 12.6. The van der Waals surface area contributed by atoms with E-state index >= 15 is 0 Å². The van der Waals surface area contributed by atoms with Crippen molar-refractivity contribution >= 4 is 10.0 Å². The van der Waals surface area contributed by atoms with Crippen molar-refractivity contribution in [2.24, 2.45) is 23.7 Å². The third kappa shape index (κ3) is 2.42. The topological polar surface area (TPSA) is 46.2 Å². The molecule has 114 valence electrons. The third-order valence-electron chi connectivity index (χ3n) is 5.85. The van der Waals surface area contributed by atoms with Gasteiger partial charge in [0.15, 0.2) is 0 Å². The monoisotopic (exact) mass is 305 g/mol. The molecule has 3 nitrogen and oxygen atoms in total. The van der Waals surface area contributed by atoms with Gasteiger partial charge in [-0.3, -0.25) is 0 Å². The predicted octanol–water partition coefficient (Wildman–Crippen LogP) is 3.10. The standard InChI is InChI=1S/C17H23NO2S/c1-11-2-4-16(5-3-11)21(19,20)18-17-14-7-12-6-13(9-14)10-15(17)8-12/h2-5,12-15,17-18H,6-10H2,1H3. The molecular weight excluding hydrogens is 282 g/mol. The molecule has 1 aromatic carbocycles. The average Bonchev–Trinajstić information content (AvgIpc) is 2.42. The smallest absolute Gasteiger partial charge is 0.208 e. The molecule has 0 unspecified atom stereocenters. The Morgan fingerprint density at radius 3 is 1.95 bits per heavy atom. The Morgan fingerprint density at radius 2 is 1.43 bits per heavy atom. The second-order valence-corrected chi connectivity index (χ2v) is 9.10. The molecule has 0 saturated heterocycles. The van der Waals surface area contributed by atoms with Crippen LogP contribution in [0.25, 0.3) is 0 Å². The summed E-state index contributed by atoms with van der Waals surface area (Å²) >= 11 is 0. The van der Waals surface area contributed by atoms with Crippen LogP contribution in [-0.4, -0.2) is 14.5 Å².